The van der Waals surface area contributed by atoms with Crippen molar-refractivity contribution in [3.8, 4) is 11.5 Å². The first kappa shape index (κ1) is 16.7. The predicted molar refractivity (Wildman–Crippen MR) is 101 cm³/mol. The fourth-order valence-electron chi connectivity index (χ4n) is 4.50. The molecule has 1 saturated carbocycles. The Kier molecular flexibility index (Phi) is 4.11. The van der Waals surface area contributed by atoms with Crippen molar-refractivity contribution < 1.29 is 9.32 Å². The molecule has 3 fully saturated rings. The van der Waals surface area contributed by atoms with Crippen LogP contribution in [0.5, 0.6) is 0 Å². The molecule has 0 spiro atoms. The third-order valence-electron chi connectivity index (χ3n) is 6.22. The van der Waals surface area contributed by atoms with E-state index in [9.17, 15) is 4.79 Å². The number of anilines is 1. The van der Waals surface area contributed by atoms with Crippen molar-refractivity contribution in [1.29, 1.82) is 0 Å². The molecule has 2 amide bonds. The second-order valence-corrected chi connectivity index (χ2v) is 8.09. The summed E-state index contributed by atoms with van der Waals surface area (Å²) < 4.78 is 5.43. The van der Waals surface area contributed by atoms with Gasteiger partial charge in [-0.15, -0.1) is 0 Å². The second kappa shape index (κ2) is 6.64. The van der Waals surface area contributed by atoms with Crippen LogP contribution in [0.25, 0.3) is 11.5 Å². The number of nitrogens with one attached hydrogen (secondary N) is 2. The average Bonchev–Trinajstić information content (AvgIpc) is 3.36. The molecule has 5 rings (SSSR count). The summed E-state index contributed by atoms with van der Waals surface area (Å²) in [5, 5.41) is 10.2. The fraction of sp³-hybridized carbons (Fsp3) is 0.550. The maximum Gasteiger partial charge on any atom is 0.319 e. The minimum absolute atomic E-state index is 0.168. The molecule has 1 aromatic carbocycles. The molecule has 2 aromatic rings. The first-order valence-electron chi connectivity index (χ1n) is 9.90. The van der Waals surface area contributed by atoms with E-state index in [4.69, 9.17) is 4.52 Å². The lowest BCUT2D eigenvalue weighted by molar-refractivity contribution is 0.151. The highest BCUT2D eigenvalue weighted by Gasteiger charge is 2.38. The van der Waals surface area contributed by atoms with E-state index in [1.54, 1.807) is 0 Å². The molecule has 142 valence electrons. The van der Waals surface area contributed by atoms with Gasteiger partial charge in [0.15, 0.2) is 5.82 Å². The molecule has 27 heavy (non-hydrogen) atoms. The minimum atomic E-state index is -0.168. The summed E-state index contributed by atoms with van der Waals surface area (Å²) in [5.41, 5.74) is 1.45. The van der Waals surface area contributed by atoms with Crippen molar-refractivity contribution in [3.05, 3.63) is 30.1 Å². The van der Waals surface area contributed by atoms with Crippen molar-refractivity contribution in [3.63, 3.8) is 0 Å². The van der Waals surface area contributed by atoms with Crippen LogP contribution in [0.3, 0.4) is 0 Å². The molecule has 2 N–H and O–H groups in total. The van der Waals surface area contributed by atoms with Crippen LogP contribution in [0, 0.1) is 0 Å². The van der Waals surface area contributed by atoms with Crippen molar-refractivity contribution in [2.75, 3.05) is 12.4 Å². The lowest BCUT2D eigenvalue weighted by Crippen LogP contribution is -2.49. The Bertz CT molecular complexity index is 832. The van der Waals surface area contributed by atoms with Crippen LogP contribution in [0.2, 0.25) is 0 Å². The van der Waals surface area contributed by atoms with Gasteiger partial charge in [0.05, 0.1) is 11.3 Å². The van der Waals surface area contributed by atoms with E-state index in [0.29, 0.717) is 29.6 Å². The number of carbonyl (C=O) groups excluding carboxylic acids is 1. The number of urea groups is 1. The Balaban J connectivity index is 1.27. The zero-order chi connectivity index (χ0) is 18.4. The highest BCUT2D eigenvalue weighted by molar-refractivity contribution is 5.93. The van der Waals surface area contributed by atoms with Gasteiger partial charge in [0.2, 0.25) is 0 Å². The van der Waals surface area contributed by atoms with Crippen molar-refractivity contribution in [1.82, 2.24) is 20.4 Å². The molecule has 2 aliphatic heterocycles. The Labute approximate surface area is 158 Å². The summed E-state index contributed by atoms with van der Waals surface area (Å²) in [6, 6.07) is 8.83. The lowest BCUT2D eigenvalue weighted by Gasteiger charge is -2.36. The summed E-state index contributed by atoms with van der Waals surface area (Å²) in [5.74, 6) is 1.67. The number of nitrogens with zero attached hydrogens (tertiary/aromatic N) is 3. The topological polar surface area (TPSA) is 83.3 Å². The largest absolute Gasteiger partial charge is 0.335 e. The van der Waals surface area contributed by atoms with Crippen LogP contribution in [-0.2, 0) is 0 Å². The number of fused-ring (bicyclic) bond motifs is 2. The number of benzene rings is 1. The summed E-state index contributed by atoms with van der Waals surface area (Å²) in [6.45, 7) is 0. The van der Waals surface area contributed by atoms with E-state index >= 15 is 0 Å². The quantitative estimate of drug-likeness (QED) is 0.866. The fourth-order valence-corrected chi connectivity index (χ4v) is 4.50. The summed E-state index contributed by atoms with van der Waals surface area (Å²) >= 11 is 0. The van der Waals surface area contributed by atoms with Crippen LogP contribution in [0.15, 0.2) is 28.8 Å². The third kappa shape index (κ3) is 3.32. The normalized spacial score (nSPS) is 27.5. The van der Waals surface area contributed by atoms with E-state index in [-0.39, 0.29) is 12.1 Å². The van der Waals surface area contributed by atoms with E-state index in [1.807, 2.05) is 24.3 Å². The molecule has 3 aliphatic rings. The zero-order valence-electron chi connectivity index (χ0n) is 15.5. The average molecular weight is 367 g/mol. The van der Waals surface area contributed by atoms with Crippen LogP contribution in [0.1, 0.15) is 50.3 Å². The molecular formula is C20H25N5O2. The first-order valence-corrected chi connectivity index (χ1v) is 9.90. The SMILES string of the molecule is CN1[C@@H]2CC[C@H]1CC(NC(=O)Nc1ccccc1-c1nc(C3CC3)no1)C2. The van der Waals surface area contributed by atoms with Crippen molar-refractivity contribution in [2.45, 2.75) is 62.6 Å². The highest BCUT2D eigenvalue weighted by atomic mass is 16.5. The second-order valence-electron chi connectivity index (χ2n) is 8.09. The molecule has 1 aromatic heterocycles. The van der Waals surface area contributed by atoms with E-state index < -0.39 is 0 Å². The Hall–Kier alpha value is -2.41. The molecule has 7 heteroatoms. The monoisotopic (exact) mass is 367 g/mol. The number of rotatable bonds is 4. The number of hydrogen-bond donors (Lipinski definition) is 2. The van der Waals surface area contributed by atoms with Crippen LogP contribution in [0.4, 0.5) is 10.5 Å². The van der Waals surface area contributed by atoms with Crippen molar-refractivity contribution in [2.24, 2.45) is 0 Å². The van der Waals surface area contributed by atoms with E-state index in [0.717, 1.165) is 37.1 Å². The first-order chi connectivity index (χ1) is 13.2. The van der Waals surface area contributed by atoms with Gasteiger partial charge in [-0.3, -0.25) is 0 Å². The van der Waals surface area contributed by atoms with Gasteiger partial charge in [0.1, 0.15) is 0 Å². The number of hydrogen-bond acceptors (Lipinski definition) is 5. The van der Waals surface area contributed by atoms with Gasteiger partial charge in [-0.25, -0.2) is 4.79 Å². The van der Waals surface area contributed by atoms with Gasteiger partial charge in [0.25, 0.3) is 5.89 Å². The Morgan fingerprint density at radius 2 is 1.89 bits per heavy atom. The number of piperidine rings is 1. The molecular weight excluding hydrogens is 342 g/mol. The van der Waals surface area contributed by atoms with Gasteiger partial charge in [-0.05, 0) is 57.7 Å². The van der Waals surface area contributed by atoms with Crippen LogP contribution in [-0.4, -0.2) is 46.2 Å². The summed E-state index contributed by atoms with van der Waals surface area (Å²) in [7, 11) is 2.20. The molecule has 2 saturated heterocycles. The Morgan fingerprint density at radius 1 is 1.15 bits per heavy atom. The molecule has 1 unspecified atom stereocenters. The number of amides is 2. The third-order valence-corrected chi connectivity index (χ3v) is 6.22. The number of carbonyl (C=O) groups is 1. The molecule has 3 heterocycles. The predicted octanol–water partition coefficient (Wildman–Crippen LogP) is 3.36. The summed E-state index contributed by atoms with van der Waals surface area (Å²) in [6.07, 6.45) is 6.78. The molecule has 1 aliphatic carbocycles. The smallest absolute Gasteiger partial charge is 0.319 e. The minimum Gasteiger partial charge on any atom is -0.335 e. The van der Waals surface area contributed by atoms with E-state index in [2.05, 4.69) is 32.7 Å². The van der Waals surface area contributed by atoms with Gasteiger partial charge >= 0.3 is 6.03 Å². The maximum atomic E-state index is 12.6. The number of para-hydroxylation sites is 1. The zero-order valence-corrected chi connectivity index (χ0v) is 15.5. The van der Waals surface area contributed by atoms with Gasteiger partial charge in [-0.2, -0.15) is 4.98 Å². The van der Waals surface area contributed by atoms with Gasteiger partial charge < -0.3 is 20.1 Å². The van der Waals surface area contributed by atoms with Crippen LogP contribution < -0.4 is 10.6 Å². The van der Waals surface area contributed by atoms with Gasteiger partial charge in [0, 0.05) is 24.0 Å². The molecule has 3 atom stereocenters. The van der Waals surface area contributed by atoms with Gasteiger partial charge in [-0.1, -0.05) is 17.3 Å². The van der Waals surface area contributed by atoms with Crippen molar-refractivity contribution >= 4 is 11.7 Å². The van der Waals surface area contributed by atoms with E-state index in [1.165, 1.54) is 12.8 Å². The number of aromatic nitrogens is 2. The van der Waals surface area contributed by atoms with Crippen LogP contribution >= 0.6 is 0 Å². The highest BCUT2D eigenvalue weighted by Crippen LogP contribution is 2.39. The lowest BCUT2D eigenvalue weighted by atomic mass is 9.98. The Morgan fingerprint density at radius 3 is 2.63 bits per heavy atom. The molecule has 7 nitrogen and oxygen atoms in total. The maximum absolute atomic E-state index is 12.6. The standard InChI is InChI=1S/C20H25N5O2/c1-25-14-8-9-15(25)11-13(10-14)21-20(26)22-17-5-3-2-4-16(17)19-23-18(24-27-19)12-6-7-12/h2-5,12-15H,6-11H2,1H3,(H2,21,22,26)/t13?,14-,15+. The molecule has 2 bridgehead atoms. The summed E-state index contributed by atoms with van der Waals surface area (Å²) in [4.78, 5) is 19.6. The molecule has 0 radical (unpaired) electrons.